The number of carbonyl (C=O) groups excluding carboxylic acids is 1. The van der Waals surface area contributed by atoms with E-state index in [0.717, 1.165) is 32.6 Å². The minimum absolute atomic E-state index is 0.223. The van der Waals surface area contributed by atoms with E-state index < -0.39 is 5.54 Å². The second-order valence-corrected chi connectivity index (χ2v) is 5.49. The molecule has 0 bridgehead atoms. The summed E-state index contributed by atoms with van der Waals surface area (Å²) in [4.78, 5) is 16.1. The van der Waals surface area contributed by atoms with Crippen LogP contribution in [-0.4, -0.2) is 67.6 Å². The third-order valence-corrected chi connectivity index (χ3v) is 3.52. The molecule has 17 heavy (non-hydrogen) atoms. The summed E-state index contributed by atoms with van der Waals surface area (Å²) in [5.74, 6) is -0.223. The normalized spacial score (nSPS) is 26.0. The number of nitrogens with zero attached hydrogens (tertiary/aromatic N) is 2. The van der Waals surface area contributed by atoms with Gasteiger partial charge in [0.05, 0.1) is 0 Å². The zero-order valence-electron chi connectivity index (χ0n) is 11.5. The number of nitrogens with two attached hydrogens (primary N) is 1. The zero-order valence-corrected chi connectivity index (χ0v) is 11.5. The first-order valence-corrected chi connectivity index (χ1v) is 6.31. The van der Waals surface area contributed by atoms with Gasteiger partial charge in [0.25, 0.3) is 0 Å². The minimum Gasteiger partial charge on any atom is -0.368 e. The van der Waals surface area contributed by atoms with Crippen molar-refractivity contribution in [2.45, 2.75) is 31.8 Å². The van der Waals surface area contributed by atoms with Gasteiger partial charge < -0.3 is 16.0 Å². The largest absolute Gasteiger partial charge is 0.368 e. The molecular weight excluding hydrogens is 216 g/mol. The van der Waals surface area contributed by atoms with Crippen LogP contribution in [0.4, 0.5) is 0 Å². The predicted molar refractivity (Wildman–Crippen MR) is 69.8 cm³/mol. The first-order chi connectivity index (χ1) is 7.87. The molecule has 1 fully saturated rings. The van der Waals surface area contributed by atoms with Gasteiger partial charge in [-0.1, -0.05) is 0 Å². The Morgan fingerprint density at radius 1 is 1.53 bits per heavy atom. The van der Waals surface area contributed by atoms with Gasteiger partial charge in [0, 0.05) is 32.2 Å². The van der Waals surface area contributed by atoms with Crippen LogP contribution in [0.3, 0.4) is 0 Å². The minimum atomic E-state index is -0.528. The maximum atomic E-state index is 11.7. The lowest BCUT2D eigenvalue weighted by Crippen LogP contribution is -2.58. The van der Waals surface area contributed by atoms with Crippen molar-refractivity contribution >= 4 is 5.91 Å². The predicted octanol–water partition coefficient (Wildman–Crippen LogP) is -0.524. The van der Waals surface area contributed by atoms with Crippen LogP contribution in [0.2, 0.25) is 0 Å². The molecule has 5 heteroatoms. The second kappa shape index (κ2) is 5.80. The molecule has 0 aromatic carbocycles. The Balaban J connectivity index is 2.57. The SMILES string of the molecule is CC(C)N1CCC(NCCN(C)C)(C(N)=O)C1. The highest BCUT2D eigenvalue weighted by atomic mass is 16.1. The van der Waals surface area contributed by atoms with Gasteiger partial charge in [-0.05, 0) is 34.4 Å². The highest BCUT2D eigenvalue weighted by Gasteiger charge is 2.43. The summed E-state index contributed by atoms with van der Waals surface area (Å²) in [6.45, 7) is 7.68. The van der Waals surface area contributed by atoms with Gasteiger partial charge in [0.2, 0.25) is 5.91 Å². The van der Waals surface area contributed by atoms with Crippen LogP contribution in [-0.2, 0) is 4.79 Å². The van der Waals surface area contributed by atoms with Crippen LogP contribution in [0.5, 0.6) is 0 Å². The summed E-state index contributed by atoms with van der Waals surface area (Å²) in [6, 6.07) is 0.465. The molecule has 1 amide bonds. The Labute approximate surface area is 104 Å². The molecule has 0 aromatic heterocycles. The fourth-order valence-electron chi connectivity index (χ4n) is 2.23. The third-order valence-electron chi connectivity index (χ3n) is 3.52. The van der Waals surface area contributed by atoms with Crippen molar-refractivity contribution in [3.05, 3.63) is 0 Å². The Hall–Kier alpha value is -0.650. The smallest absolute Gasteiger partial charge is 0.239 e. The monoisotopic (exact) mass is 242 g/mol. The van der Waals surface area contributed by atoms with Gasteiger partial charge in [0.15, 0.2) is 0 Å². The molecule has 1 heterocycles. The number of nitrogens with one attached hydrogen (secondary N) is 1. The molecule has 1 unspecified atom stereocenters. The molecule has 0 spiro atoms. The van der Waals surface area contributed by atoms with Crippen molar-refractivity contribution < 1.29 is 4.79 Å². The lowest BCUT2D eigenvalue weighted by Gasteiger charge is -2.29. The Kier molecular flexibility index (Phi) is 4.91. The Morgan fingerprint density at radius 3 is 2.59 bits per heavy atom. The molecule has 0 radical (unpaired) electrons. The fraction of sp³-hybridized carbons (Fsp3) is 0.917. The maximum absolute atomic E-state index is 11.7. The van der Waals surface area contributed by atoms with Gasteiger partial charge in [-0.25, -0.2) is 0 Å². The average molecular weight is 242 g/mol. The van der Waals surface area contributed by atoms with Crippen LogP contribution in [0, 0.1) is 0 Å². The van der Waals surface area contributed by atoms with Crippen LogP contribution in [0.25, 0.3) is 0 Å². The summed E-state index contributed by atoms with van der Waals surface area (Å²) >= 11 is 0. The number of amides is 1. The number of likely N-dealkylation sites (tertiary alicyclic amines) is 1. The van der Waals surface area contributed by atoms with Gasteiger partial charge in [-0.15, -0.1) is 0 Å². The van der Waals surface area contributed by atoms with E-state index in [9.17, 15) is 4.79 Å². The maximum Gasteiger partial charge on any atom is 0.239 e. The van der Waals surface area contributed by atoms with Gasteiger partial charge in [-0.3, -0.25) is 9.69 Å². The zero-order chi connectivity index (χ0) is 13.1. The molecule has 0 aliphatic carbocycles. The van der Waals surface area contributed by atoms with E-state index in [2.05, 4.69) is 29.0 Å². The summed E-state index contributed by atoms with van der Waals surface area (Å²) in [5.41, 5.74) is 5.04. The van der Waals surface area contributed by atoms with Crippen molar-refractivity contribution in [2.75, 3.05) is 40.3 Å². The van der Waals surface area contributed by atoms with E-state index in [0.29, 0.717) is 6.04 Å². The molecule has 1 aliphatic rings. The molecular formula is C12H26N4O. The number of rotatable bonds is 6. The average Bonchev–Trinajstić information content (AvgIpc) is 2.63. The van der Waals surface area contributed by atoms with Gasteiger partial charge >= 0.3 is 0 Å². The molecule has 1 aliphatic heterocycles. The quantitative estimate of drug-likeness (QED) is 0.658. The lowest BCUT2D eigenvalue weighted by molar-refractivity contribution is -0.124. The van der Waals surface area contributed by atoms with E-state index >= 15 is 0 Å². The van der Waals surface area contributed by atoms with Crippen LogP contribution >= 0.6 is 0 Å². The molecule has 1 rings (SSSR count). The Bertz CT molecular complexity index is 267. The van der Waals surface area contributed by atoms with Crippen molar-refractivity contribution in [2.24, 2.45) is 5.73 Å². The number of hydrogen-bond acceptors (Lipinski definition) is 4. The van der Waals surface area contributed by atoms with E-state index in [1.807, 2.05) is 14.1 Å². The second-order valence-electron chi connectivity index (χ2n) is 5.49. The lowest BCUT2D eigenvalue weighted by atomic mass is 9.97. The summed E-state index contributed by atoms with van der Waals surface area (Å²) in [5, 5.41) is 3.35. The first kappa shape index (κ1) is 14.4. The van der Waals surface area contributed by atoms with Crippen molar-refractivity contribution in [1.29, 1.82) is 0 Å². The molecule has 1 atom stereocenters. The van der Waals surface area contributed by atoms with E-state index in [1.54, 1.807) is 0 Å². The van der Waals surface area contributed by atoms with Crippen LogP contribution < -0.4 is 11.1 Å². The molecule has 3 N–H and O–H groups in total. The van der Waals surface area contributed by atoms with Crippen LogP contribution in [0.1, 0.15) is 20.3 Å². The topological polar surface area (TPSA) is 61.6 Å². The summed E-state index contributed by atoms with van der Waals surface area (Å²) in [7, 11) is 4.04. The number of hydrogen-bond donors (Lipinski definition) is 2. The molecule has 5 nitrogen and oxygen atoms in total. The van der Waals surface area contributed by atoms with Crippen molar-refractivity contribution in [3.63, 3.8) is 0 Å². The standard InChI is InChI=1S/C12H26N4O/c1-10(2)16-7-5-12(9-16,11(13)17)14-6-8-15(3)4/h10,14H,5-9H2,1-4H3,(H2,13,17). The fourth-order valence-corrected chi connectivity index (χ4v) is 2.23. The molecule has 1 saturated heterocycles. The van der Waals surface area contributed by atoms with Gasteiger partial charge in [-0.2, -0.15) is 0 Å². The highest BCUT2D eigenvalue weighted by molar-refractivity contribution is 5.85. The molecule has 100 valence electrons. The van der Waals surface area contributed by atoms with Crippen LogP contribution in [0.15, 0.2) is 0 Å². The molecule has 0 aromatic rings. The van der Waals surface area contributed by atoms with Crippen molar-refractivity contribution in [3.8, 4) is 0 Å². The van der Waals surface area contributed by atoms with Crippen molar-refractivity contribution in [1.82, 2.24) is 15.1 Å². The summed E-state index contributed by atoms with van der Waals surface area (Å²) < 4.78 is 0. The Morgan fingerprint density at radius 2 is 2.18 bits per heavy atom. The van der Waals surface area contributed by atoms with E-state index in [-0.39, 0.29) is 5.91 Å². The van der Waals surface area contributed by atoms with Gasteiger partial charge in [0.1, 0.15) is 5.54 Å². The first-order valence-electron chi connectivity index (χ1n) is 6.31. The highest BCUT2D eigenvalue weighted by Crippen LogP contribution is 2.22. The van der Waals surface area contributed by atoms with E-state index in [4.69, 9.17) is 5.73 Å². The van der Waals surface area contributed by atoms with E-state index in [1.165, 1.54) is 0 Å². The summed E-state index contributed by atoms with van der Waals surface area (Å²) in [6.07, 6.45) is 0.813. The third kappa shape index (κ3) is 3.66. The number of likely N-dealkylation sites (N-methyl/N-ethyl adjacent to an activating group) is 1. The molecule has 0 saturated carbocycles. The number of carbonyl (C=O) groups is 1. The number of primary amides is 1.